The van der Waals surface area contributed by atoms with Gasteiger partial charge in [-0.05, 0) is 52.1 Å². The van der Waals surface area contributed by atoms with E-state index in [2.05, 4.69) is 25.0 Å². The van der Waals surface area contributed by atoms with E-state index in [4.69, 9.17) is 0 Å². The first kappa shape index (κ1) is 18.0. The number of carbonyl (C=O) groups is 1. The molecule has 1 N–H and O–H groups in total. The maximum Gasteiger partial charge on any atom is 0.224 e. The van der Waals surface area contributed by atoms with Crippen molar-refractivity contribution in [3.8, 4) is 0 Å². The summed E-state index contributed by atoms with van der Waals surface area (Å²) in [7, 11) is 0. The van der Waals surface area contributed by atoms with Crippen molar-refractivity contribution in [2.24, 2.45) is 5.92 Å². The molecule has 2 aliphatic heterocycles. The topological polar surface area (TPSA) is 63.1 Å². The van der Waals surface area contributed by atoms with Crippen LogP contribution in [0.3, 0.4) is 0 Å². The summed E-state index contributed by atoms with van der Waals surface area (Å²) in [5.41, 5.74) is 0.209. The zero-order chi connectivity index (χ0) is 18.0. The monoisotopic (exact) mass is 359 g/mol. The standard InChI is InChI=1S/C20H33N5O/c1-16-22-23-18-9-8-17(14-25(16)18)19(26)21-15-20(10-4-2-5-11-20)24-12-6-3-7-13-24/h17H,2-15H2,1H3,(H,21,26). The first-order valence-corrected chi connectivity index (χ1v) is 10.6. The predicted molar refractivity (Wildman–Crippen MR) is 101 cm³/mol. The highest BCUT2D eigenvalue weighted by molar-refractivity contribution is 5.78. The first-order valence-electron chi connectivity index (χ1n) is 10.6. The van der Waals surface area contributed by atoms with E-state index in [0.29, 0.717) is 0 Å². The number of fused-ring (bicyclic) bond motifs is 1. The lowest BCUT2D eigenvalue weighted by atomic mass is 9.79. The van der Waals surface area contributed by atoms with Crippen molar-refractivity contribution >= 4 is 5.91 Å². The Morgan fingerprint density at radius 3 is 2.62 bits per heavy atom. The van der Waals surface area contributed by atoms with Crippen molar-refractivity contribution in [3.05, 3.63) is 11.6 Å². The van der Waals surface area contributed by atoms with Gasteiger partial charge in [0.05, 0.1) is 5.92 Å². The number of hydrogen-bond donors (Lipinski definition) is 1. The molecular weight excluding hydrogens is 326 g/mol. The van der Waals surface area contributed by atoms with Crippen molar-refractivity contribution < 1.29 is 4.79 Å². The molecule has 6 nitrogen and oxygen atoms in total. The number of aromatic nitrogens is 3. The fraction of sp³-hybridized carbons (Fsp3) is 0.850. The molecule has 1 unspecified atom stereocenters. The Hall–Kier alpha value is -1.43. The Labute approximate surface area is 156 Å². The van der Waals surface area contributed by atoms with Gasteiger partial charge in [0.15, 0.2) is 0 Å². The van der Waals surface area contributed by atoms with E-state index in [1.807, 2.05) is 6.92 Å². The van der Waals surface area contributed by atoms with E-state index in [1.165, 1.54) is 64.5 Å². The van der Waals surface area contributed by atoms with Gasteiger partial charge in [0, 0.05) is 25.0 Å². The second-order valence-corrected chi connectivity index (χ2v) is 8.56. The van der Waals surface area contributed by atoms with Gasteiger partial charge in [-0.1, -0.05) is 25.7 Å². The minimum Gasteiger partial charge on any atom is -0.354 e. The molecule has 26 heavy (non-hydrogen) atoms. The number of nitrogens with one attached hydrogen (secondary N) is 1. The third-order valence-corrected chi connectivity index (χ3v) is 6.91. The molecule has 1 atom stereocenters. The molecule has 1 aromatic heterocycles. The highest BCUT2D eigenvalue weighted by atomic mass is 16.1. The third-order valence-electron chi connectivity index (χ3n) is 6.91. The molecule has 3 heterocycles. The summed E-state index contributed by atoms with van der Waals surface area (Å²) in [6, 6.07) is 0. The van der Waals surface area contributed by atoms with Crippen LogP contribution in [0.2, 0.25) is 0 Å². The van der Waals surface area contributed by atoms with Crippen LogP contribution in [0, 0.1) is 12.8 Å². The lowest BCUT2D eigenvalue weighted by molar-refractivity contribution is -0.127. The smallest absolute Gasteiger partial charge is 0.224 e. The molecule has 0 radical (unpaired) electrons. The molecule has 3 aliphatic rings. The summed E-state index contributed by atoms with van der Waals surface area (Å²) < 4.78 is 2.12. The Kier molecular flexibility index (Phi) is 5.30. The summed E-state index contributed by atoms with van der Waals surface area (Å²) in [6.07, 6.45) is 12.2. The predicted octanol–water partition coefficient (Wildman–Crippen LogP) is 2.45. The van der Waals surface area contributed by atoms with Gasteiger partial charge in [-0.25, -0.2) is 0 Å². The van der Waals surface area contributed by atoms with Crippen molar-refractivity contribution in [1.82, 2.24) is 25.0 Å². The quantitative estimate of drug-likeness (QED) is 0.897. The van der Waals surface area contributed by atoms with E-state index < -0.39 is 0 Å². The largest absolute Gasteiger partial charge is 0.354 e. The van der Waals surface area contributed by atoms with E-state index >= 15 is 0 Å². The normalized spacial score (nSPS) is 26.3. The highest BCUT2D eigenvalue weighted by Crippen LogP contribution is 2.35. The first-order chi connectivity index (χ1) is 12.7. The molecule has 0 spiro atoms. The Morgan fingerprint density at radius 2 is 1.85 bits per heavy atom. The van der Waals surface area contributed by atoms with Gasteiger partial charge >= 0.3 is 0 Å². The van der Waals surface area contributed by atoms with Crippen LogP contribution in [0.4, 0.5) is 0 Å². The Morgan fingerprint density at radius 1 is 1.12 bits per heavy atom. The third kappa shape index (κ3) is 3.53. The molecule has 1 saturated heterocycles. The van der Waals surface area contributed by atoms with Crippen LogP contribution in [-0.2, 0) is 17.8 Å². The fourth-order valence-electron chi connectivity index (χ4n) is 5.26. The van der Waals surface area contributed by atoms with Crippen LogP contribution < -0.4 is 5.32 Å². The van der Waals surface area contributed by atoms with Crippen molar-refractivity contribution in [3.63, 3.8) is 0 Å². The number of aryl methyl sites for hydroxylation is 2. The molecule has 144 valence electrons. The fourth-order valence-corrected chi connectivity index (χ4v) is 5.26. The number of nitrogens with zero attached hydrogens (tertiary/aromatic N) is 4. The number of amides is 1. The van der Waals surface area contributed by atoms with Crippen LogP contribution in [-0.4, -0.2) is 50.7 Å². The lowest BCUT2D eigenvalue weighted by Gasteiger charge is -2.48. The number of piperidine rings is 1. The highest BCUT2D eigenvalue weighted by Gasteiger charge is 2.39. The van der Waals surface area contributed by atoms with Crippen LogP contribution >= 0.6 is 0 Å². The van der Waals surface area contributed by atoms with E-state index in [9.17, 15) is 4.79 Å². The number of carbonyl (C=O) groups excluding carboxylic acids is 1. The van der Waals surface area contributed by atoms with Crippen LogP contribution in [0.1, 0.15) is 69.4 Å². The molecule has 1 saturated carbocycles. The second kappa shape index (κ2) is 7.67. The molecule has 2 fully saturated rings. The molecule has 1 amide bonds. The van der Waals surface area contributed by atoms with E-state index in [-0.39, 0.29) is 17.4 Å². The minimum atomic E-state index is 0.0548. The van der Waals surface area contributed by atoms with Gasteiger partial charge in [0.25, 0.3) is 0 Å². The maximum atomic E-state index is 12.9. The van der Waals surface area contributed by atoms with Gasteiger partial charge < -0.3 is 9.88 Å². The Bertz CT molecular complexity index is 628. The number of hydrogen-bond acceptors (Lipinski definition) is 4. The van der Waals surface area contributed by atoms with Gasteiger partial charge in [-0.3, -0.25) is 9.69 Å². The summed E-state index contributed by atoms with van der Waals surface area (Å²) >= 11 is 0. The van der Waals surface area contributed by atoms with Gasteiger partial charge in [0.2, 0.25) is 5.91 Å². The zero-order valence-corrected chi connectivity index (χ0v) is 16.2. The molecule has 1 aliphatic carbocycles. The summed E-state index contributed by atoms with van der Waals surface area (Å²) in [5.74, 6) is 2.24. The van der Waals surface area contributed by atoms with Crippen molar-refractivity contribution in [1.29, 1.82) is 0 Å². The molecule has 1 aromatic rings. The molecule has 0 aromatic carbocycles. The van der Waals surface area contributed by atoms with E-state index in [0.717, 1.165) is 37.6 Å². The van der Waals surface area contributed by atoms with Crippen LogP contribution in [0.15, 0.2) is 0 Å². The molecule has 6 heteroatoms. The van der Waals surface area contributed by atoms with Crippen LogP contribution in [0.25, 0.3) is 0 Å². The van der Waals surface area contributed by atoms with Crippen LogP contribution in [0.5, 0.6) is 0 Å². The average molecular weight is 360 g/mol. The number of rotatable bonds is 4. The van der Waals surface area contributed by atoms with Gasteiger partial charge in [-0.15, -0.1) is 10.2 Å². The summed E-state index contributed by atoms with van der Waals surface area (Å²) in [6.45, 7) is 5.96. The molecular formula is C20H33N5O. The van der Waals surface area contributed by atoms with Crippen molar-refractivity contribution in [2.75, 3.05) is 19.6 Å². The maximum absolute atomic E-state index is 12.9. The minimum absolute atomic E-state index is 0.0548. The number of likely N-dealkylation sites (tertiary alicyclic amines) is 1. The summed E-state index contributed by atoms with van der Waals surface area (Å²) in [5, 5.41) is 11.7. The van der Waals surface area contributed by atoms with Gasteiger partial charge in [-0.2, -0.15) is 0 Å². The van der Waals surface area contributed by atoms with E-state index in [1.54, 1.807) is 0 Å². The molecule has 0 bridgehead atoms. The van der Waals surface area contributed by atoms with Crippen molar-refractivity contribution in [2.45, 2.75) is 83.2 Å². The second-order valence-electron chi connectivity index (χ2n) is 8.56. The Balaban J connectivity index is 1.39. The molecule has 4 rings (SSSR count). The zero-order valence-electron chi connectivity index (χ0n) is 16.2. The van der Waals surface area contributed by atoms with Gasteiger partial charge in [0.1, 0.15) is 11.6 Å². The SMILES string of the molecule is Cc1nnc2n1CC(C(=O)NCC1(N3CCCCC3)CCCCC1)CC2. The average Bonchev–Trinajstić information content (AvgIpc) is 3.08. The lowest BCUT2D eigenvalue weighted by Crippen LogP contribution is -2.58. The summed E-state index contributed by atoms with van der Waals surface area (Å²) in [4.78, 5) is 15.6.